The summed E-state index contributed by atoms with van der Waals surface area (Å²) in [6, 6.07) is 4.83. The molecule has 0 radical (unpaired) electrons. The Hall–Kier alpha value is -0.430. The lowest BCUT2D eigenvalue weighted by atomic mass is 10.1. The Morgan fingerprint density at radius 1 is 1.47 bits per heavy atom. The Morgan fingerprint density at radius 3 is 2.74 bits per heavy atom. The lowest BCUT2D eigenvalue weighted by Gasteiger charge is -2.13. The van der Waals surface area contributed by atoms with E-state index >= 15 is 0 Å². The molecule has 0 saturated heterocycles. The number of aliphatic hydroxyl groups is 1. The Balaban J connectivity index is 2.13. The van der Waals surface area contributed by atoms with Crippen LogP contribution in [0.2, 0.25) is 0 Å². The van der Waals surface area contributed by atoms with Crippen molar-refractivity contribution in [3.8, 4) is 0 Å². The standard InChI is InChI=1S/C13H18BrNO3S/c1-9(11-3-4-11)7-15-19(17,18)13-6-10(8-16)2-5-12(13)14/h2,5-6,9,11,15-16H,3-4,7-8H2,1H3. The van der Waals surface area contributed by atoms with Crippen LogP contribution in [0.25, 0.3) is 0 Å². The van der Waals surface area contributed by atoms with E-state index in [1.54, 1.807) is 12.1 Å². The highest BCUT2D eigenvalue weighted by atomic mass is 79.9. The number of sulfonamides is 1. The molecule has 1 aromatic rings. The first-order chi connectivity index (χ1) is 8.94. The average Bonchev–Trinajstić information content (AvgIpc) is 3.20. The third-order valence-corrected chi connectivity index (χ3v) is 5.91. The molecule has 0 aromatic heterocycles. The molecule has 106 valence electrons. The molecule has 1 aliphatic rings. The van der Waals surface area contributed by atoms with Crippen molar-refractivity contribution in [1.29, 1.82) is 0 Å². The Morgan fingerprint density at radius 2 is 2.16 bits per heavy atom. The lowest BCUT2D eigenvalue weighted by molar-refractivity contribution is 0.281. The van der Waals surface area contributed by atoms with Crippen LogP contribution < -0.4 is 4.72 Å². The number of halogens is 1. The van der Waals surface area contributed by atoms with Crippen molar-refractivity contribution in [2.24, 2.45) is 11.8 Å². The molecule has 0 spiro atoms. The van der Waals surface area contributed by atoms with Gasteiger partial charge in [-0.05, 0) is 58.3 Å². The van der Waals surface area contributed by atoms with Gasteiger partial charge in [0.05, 0.1) is 11.5 Å². The van der Waals surface area contributed by atoms with E-state index in [1.807, 2.05) is 0 Å². The highest BCUT2D eigenvalue weighted by molar-refractivity contribution is 9.10. The number of aliphatic hydroxyl groups excluding tert-OH is 1. The van der Waals surface area contributed by atoms with Crippen molar-refractivity contribution in [2.75, 3.05) is 6.54 Å². The summed E-state index contributed by atoms with van der Waals surface area (Å²) in [4.78, 5) is 0.182. The predicted octanol–water partition coefficient (Wildman–Crippen LogP) is 2.27. The summed E-state index contributed by atoms with van der Waals surface area (Å²) in [5.41, 5.74) is 0.582. The fraction of sp³-hybridized carbons (Fsp3) is 0.538. The van der Waals surface area contributed by atoms with Crippen molar-refractivity contribution in [3.63, 3.8) is 0 Å². The van der Waals surface area contributed by atoms with E-state index < -0.39 is 10.0 Å². The maximum absolute atomic E-state index is 12.2. The van der Waals surface area contributed by atoms with E-state index in [4.69, 9.17) is 5.11 Å². The Kier molecular flexibility index (Phi) is 4.66. The molecule has 19 heavy (non-hydrogen) atoms. The quantitative estimate of drug-likeness (QED) is 0.829. The number of hydrogen-bond donors (Lipinski definition) is 2. The van der Waals surface area contributed by atoms with Crippen LogP contribution in [0.1, 0.15) is 25.3 Å². The summed E-state index contributed by atoms with van der Waals surface area (Å²) in [5, 5.41) is 9.09. The van der Waals surface area contributed by atoms with Crippen molar-refractivity contribution in [2.45, 2.75) is 31.3 Å². The zero-order valence-corrected chi connectivity index (χ0v) is 13.2. The van der Waals surface area contributed by atoms with Crippen molar-refractivity contribution in [3.05, 3.63) is 28.2 Å². The average molecular weight is 348 g/mol. The normalized spacial score (nSPS) is 17.4. The summed E-state index contributed by atoms with van der Waals surface area (Å²) in [5.74, 6) is 1.03. The first-order valence-corrected chi connectivity index (χ1v) is 8.60. The molecular weight excluding hydrogens is 330 g/mol. The van der Waals surface area contributed by atoms with Gasteiger partial charge in [0.2, 0.25) is 10.0 Å². The van der Waals surface area contributed by atoms with Gasteiger partial charge in [-0.2, -0.15) is 0 Å². The number of hydrogen-bond acceptors (Lipinski definition) is 3. The molecule has 1 unspecified atom stereocenters. The van der Waals surface area contributed by atoms with Gasteiger partial charge in [-0.3, -0.25) is 0 Å². The van der Waals surface area contributed by atoms with Gasteiger partial charge in [0, 0.05) is 11.0 Å². The molecule has 2 N–H and O–H groups in total. The van der Waals surface area contributed by atoms with Crippen LogP contribution in [0.3, 0.4) is 0 Å². The van der Waals surface area contributed by atoms with Crippen molar-refractivity contribution >= 4 is 26.0 Å². The van der Waals surface area contributed by atoms with Crippen molar-refractivity contribution in [1.82, 2.24) is 4.72 Å². The minimum absolute atomic E-state index is 0.172. The maximum atomic E-state index is 12.2. The van der Waals surface area contributed by atoms with E-state index in [9.17, 15) is 8.42 Å². The first kappa shape index (κ1) is 15.0. The summed E-state index contributed by atoms with van der Waals surface area (Å²) in [7, 11) is -3.53. The number of rotatable bonds is 6. The predicted molar refractivity (Wildman–Crippen MR) is 77.1 cm³/mol. The van der Waals surface area contributed by atoms with Crippen LogP contribution in [-0.4, -0.2) is 20.1 Å². The monoisotopic (exact) mass is 347 g/mol. The van der Waals surface area contributed by atoms with Gasteiger partial charge < -0.3 is 5.11 Å². The van der Waals surface area contributed by atoms with Gasteiger partial charge in [0.1, 0.15) is 0 Å². The largest absolute Gasteiger partial charge is 0.392 e. The molecule has 0 amide bonds. The zero-order chi connectivity index (χ0) is 14.0. The minimum atomic E-state index is -3.53. The second-order valence-corrected chi connectivity index (χ2v) is 7.68. The summed E-state index contributed by atoms with van der Waals surface area (Å²) in [6.07, 6.45) is 2.40. The number of nitrogens with one attached hydrogen (secondary N) is 1. The minimum Gasteiger partial charge on any atom is -0.392 e. The third kappa shape index (κ3) is 3.78. The molecule has 4 nitrogen and oxygen atoms in total. The summed E-state index contributed by atoms with van der Waals surface area (Å²) in [6.45, 7) is 2.36. The highest BCUT2D eigenvalue weighted by Gasteiger charge is 2.29. The molecule has 1 aliphatic carbocycles. The van der Waals surface area contributed by atoms with E-state index in [1.165, 1.54) is 18.9 Å². The van der Waals surface area contributed by atoms with Gasteiger partial charge in [-0.1, -0.05) is 13.0 Å². The fourth-order valence-corrected chi connectivity index (χ4v) is 4.16. The SMILES string of the molecule is CC(CNS(=O)(=O)c1cc(CO)ccc1Br)C1CC1. The van der Waals surface area contributed by atoms with Crippen LogP contribution in [0.15, 0.2) is 27.6 Å². The van der Waals surface area contributed by atoms with Gasteiger partial charge in [-0.25, -0.2) is 13.1 Å². The molecule has 0 bridgehead atoms. The molecule has 1 fully saturated rings. The van der Waals surface area contributed by atoms with Gasteiger partial charge in [-0.15, -0.1) is 0 Å². The smallest absolute Gasteiger partial charge is 0.241 e. The van der Waals surface area contributed by atoms with Gasteiger partial charge in [0.15, 0.2) is 0 Å². The van der Waals surface area contributed by atoms with Crippen molar-refractivity contribution < 1.29 is 13.5 Å². The molecule has 6 heteroatoms. The molecule has 2 rings (SSSR count). The maximum Gasteiger partial charge on any atom is 0.241 e. The topological polar surface area (TPSA) is 66.4 Å². The van der Waals surface area contributed by atoms with Crippen LogP contribution in [0.4, 0.5) is 0 Å². The first-order valence-electron chi connectivity index (χ1n) is 6.33. The molecule has 1 atom stereocenters. The molecule has 0 heterocycles. The van der Waals surface area contributed by atoms with Crippen LogP contribution >= 0.6 is 15.9 Å². The van der Waals surface area contributed by atoms with E-state index in [-0.39, 0.29) is 11.5 Å². The third-order valence-electron chi connectivity index (χ3n) is 3.49. The Bertz CT molecular complexity index is 555. The second-order valence-electron chi connectivity index (χ2n) is 5.09. The van der Waals surface area contributed by atoms with Crippen LogP contribution in [0, 0.1) is 11.8 Å². The fourth-order valence-electron chi connectivity index (χ4n) is 2.00. The summed E-state index contributed by atoms with van der Waals surface area (Å²) < 4.78 is 27.7. The summed E-state index contributed by atoms with van der Waals surface area (Å²) >= 11 is 3.24. The van der Waals surface area contributed by atoms with E-state index in [0.717, 1.165) is 0 Å². The van der Waals surface area contributed by atoms with Gasteiger partial charge >= 0.3 is 0 Å². The van der Waals surface area contributed by atoms with E-state index in [2.05, 4.69) is 27.6 Å². The molecule has 0 aliphatic heterocycles. The second kappa shape index (κ2) is 5.91. The van der Waals surface area contributed by atoms with E-state index in [0.29, 0.717) is 28.4 Å². The van der Waals surface area contributed by atoms with Crippen LogP contribution in [0.5, 0.6) is 0 Å². The molecule has 1 saturated carbocycles. The Labute approximate surface area is 122 Å². The van der Waals surface area contributed by atoms with Crippen LogP contribution in [-0.2, 0) is 16.6 Å². The number of benzene rings is 1. The molecule has 1 aromatic carbocycles. The molecular formula is C13H18BrNO3S. The van der Waals surface area contributed by atoms with Gasteiger partial charge in [0.25, 0.3) is 0 Å². The zero-order valence-electron chi connectivity index (χ0n) is 10.8. The lowest BCUT2D eigenvalue weighted by Crippen LogP contribution is -2.29. The highest BCUT2D eigenvalue weighted by Crippen LogP contribution is 2.36.